The molecule has 0 radical (unpaired) electrons. The summed E-state index contributed by atoms with van der Waals surface area (Å²) in [5.74, 6) is 0.0276. The van der Waals surface area contributed by atoms with Crippen molar-refractivity contribution in [2.75, 3.05) is 18.6 Å². The van der Waals surface area contributed by atoms with Crippen molar-refractivity contribution in [2.24, 2.45) is 0 Å². The summed E-state index contributed by atoms with van der Waals surface area (Å²) in [5, 5.41) is 0. The number of ether oxygens (including phenoxy) is 1. The average Bonchev–Trinajstić information content (AvgIpc) is 2.57. The van der Waals surface area contributed by atoms with Gasteiger partial charge in [0.2, 0.25) is 11.8 Å². The van der Waals surface area contributed by atoms with Crippen molar-refractivity contribution in [3.63, 3.8) is 0 Å². The summed E-state index contributed by atoms with van der Waals surface area (Å²) >= 11 is 3.21. The lowest BCUT2D eigenvalue weighted by Gasteiger charge is -2.16. The fourth-order valence-corrected chi connectivity index (χ4v) is 1.86. The molecule has 1 aromatic heterocycles. The number of anilines is 1. The van der Waals surface area contributed by atoms with Crippen molar-refractivity contribution >= 4 is 33.3 Å². The van der Waals surface area contributed by atoms with E-state index in [-0.39, 0.29) is 24.7 Å². The van der Waals surface area contributed by atoms with Crippen LogP contribution >= 0.6 is 15.9 Å². The lowest BCUT2D eigenvalue weighted by molar-refractivity contribution is -0.121. The van der Waals surface area contributed by atoms with E-state index in [0.717, 1.165) is 0 Å². The molecule has 0 saturated carbocycles. The highest BCUT2D eigenvalue weighted by molar-refractivity contribution is 9.10. The van der Waals surface area contributed by atoms with E-state index in [0.29, 0.717) is 16.2 Å². The molecule has 0 N–H and O–H groups in total. The van der Waals surface area contributed by atoms with E-state index in [9.17, 15) is 9.59 Å². The second kappa shape index (κ2) is 4.21. The summed E-state index contributed by atoms with van der Waals surface area (Å²) in [6.07, 6.45) is -0.0424. The van der Waals surface area contributed by atoms with Gasteiger partial charge in [-0.25, -0.2) is 4.98 Å². The van der Waals surface area contributed by atoms with Gasteiger partial charge in [0.15, 0.2) is 5.78 Å². The molecule has 2 heterocycles. The molecule has 1 aromatic rings. The zero-order valence-electron chi connectivity index (χ0n) is 8.57. The third kappa shape index (κ3) is 1.92. The van der Waals surface area contributed by atoms with Crippen LogP contribution in [0.4, 0.5) is 5.69 Å². The standard InChI is InChI=1S/C10H9BrN2O3/c1-16-10-7(2-3-8(11)12-10)13-5-6(14)4-9(13)15/h2-3H,4-5H2,1H3. The topological polar surface area (TPSA) is 59.5 Å². The van der Waals surface area contributed by atoms with E-state index < -0.39 is 0 Å². The Balaban J connectivity index is 2.40. The van der Waals surface area contributed by atoms with Gasteiger partial charge in [-0.1, -0.05) is 0 Å². The minimum Gasteiger partial charge on any atom is -0.479 e. The first-order chi connectivity index (χ1) is 7.61. The third-order valence-corrected chi connectivity index (χ3v) is 2.72. The van der Waals surface area contributed by atoms with Crippen LogP contribution in [0, 0.1) is 0 Å². The lowest BCUT2D eigenvalue weighted by Crippen LogP contribution is -2.25. The molecule has 1 amide bonds. The summed E-state index contributed by atoms with van der Waals surface area (Å²) in [7, 11) is 1.47. The van der Waals surface area contributed by atoms with Crippen LogP contribution in [0.5, 0.6) is 5.88 Å². The monoisotopic (exact) mass is 284 g/mol. The SMILES string of the molecule is COc1nc(Br)ccc1N1CC(=O)CC1=O. The van der Waals surface area contributed by atoms with E-state index in [4.69, 9.17) is 4.74 Å². The van der Waals surface area contributed by atoms with Crippen molar-refractivity contribution < 1.29 is 14.3 Å². The molecule has 0 spiro atoms. The second-order valence-corrected chi connectivity index (χ2v) is 4.17. The Hall–Kier alpha value is -1.43. The highest BCUT2D eigenvalue weighted by Crippen LogP contribution is 2.30. The number of pyridine rings is 1. The molecule has 16 heavy (non-hydrogen) atoms. The van der Waals surface area contributed by atoms with Crippen LogP contribution in [-0.2, 0) is 9.59 Å². The number of carbonyl (C=O) groups excluding carboxylic acids is 2. The molecule has 1 saturated heterocycles. The minimum absolute atomic E-state index is 0.0424. The predicted octanol–water partition coefficient (Wildman–Crippen LogP) is 1.16. The molecule has 2 rings (SSSR count). The number of Topliss-reactive ketones (excluding diaryl/α,β-unsaturated/α-hetero) is 1. The van der Waals surface area contributed by atoms with Gasteiger partial charge in [-0.15, -0.1) is 0 Å². The lowest BCUT2D eigenvalue weighted by atomic mass is 10.3. The Labute approximate surface area is 101 Å². The van der Waals surface area contributed by atoms with Gasteiger partial charge in [0.25, 0.3) is 0 Å². The first-order valence-electron chi connectivity index (χ1n) is 4.64. The van der Waals surface area contributed by atoms with Crippen LogP contribution in [0.3, 0.4) is 0 Å². The van der Waals surface area contributed by atoms with Gasteiger partial charge in [-0.2, -0.15) is 0 Å². The maximum absolute atomic E-state index is 11.5. The molecule has 6 heteroatoms. The normalized spacial score (nSPS) is 15.8. The van der Waals surface area contributed by atoms with Crippen molar-refractivity contribution in [2.45, 2.75) is 6.42 Å². The Morgan fingerprint density at radius 2 is 2.19 bits per heavy atom. The summed E-state index contributed by atoms with van der Waals surface area (Å²) in [5.41, 5.74) is 0.529. The van der Waals surface area contributed by atoms with Crippen LogP contribution in [0.25, 0.3) is 0 Å². The predicted molar refractivity (Wildman–Crippen MR) is 60.5 cm³/mol. The van der Waals surface area contributed by atoms with Crippen molar-refractivity contribution in [3.8, 4) is 5.88 Å². The number of methoxy groups -OCH3 is 1. The number of carbonyl (C=O) groups is 2. The zero-order chi connectivity index (χ0) is 11.7. The van der Waals surface area contributed by atoms with Gasteiger partial charge >= 0.3 is 0 Å². The van der Waals surface area contributed by atoms with E-state index >= 15 is 0 Å². The van der Waals surface area contributed by atoms with Crippen LogP contribution in [-0.4, -0.2) is 30.3 Å². The largest absolute Gasteiger partial charge is 0.479 e. The highest BCUT2D eigenvalue weighted by atomic mass is 79.9. The van der Waals surface area contributed by atoms with Gasteiger partial charge in [-0.05, 0) is 28.1 Å². The molecular weight excluding hydrogens is 276 g/mol. The Morgan fingerprint density at radius 1 is 1.44 bits per heavy atom. The Bertz CT molecular complexity index is 461. The van der Waals surface area contributed by atoms with E-state index in [1.54, 1.807) is 12.1 Å². The number of rotatable bonds is 2. The van der Waals surface area contributed by atoms with Gasteiger partial charge in [-0.3, -0.25) is 14.5 Å². The highest BCUT2D eigenvalue weighted by Gasteiger charge is 2.30. The maximum atomic E-state index is 11.5. The number of amides is 1. The minimum atomic E-state index is -0.215. The van der Waals surface area contributed by atoms with Crippen molar-refractivity contribution in [1.82, 2.24) is 4.98 Å². The summed E-state index contributed by atoms with van der Waals surface area (Å²) in [6.45, 7) is 0.0957. The smallest absolute Gasteiger partial charge is 0.238 e. The summed E-state index contributed by atoms with van der Waals surface area (Å²) in [4.78, 5) is 28.2. The molecule has 0 aromatic carbocycles. The molecule has 5 nitrogen and oxygen atoms in total. The van der Waals surface area contributed by atoms with Gasteiger partial charge in [0, 0.05) is 0 Å². The molecule has 0 atom stereocenters. The molecule has 1 aliphatic rings. The van der Waals surface area contributed by atoms with E-state index in [1.807, 2.05) is 0 Å². The number of hydrogen-bond donors (Lipinski definition) is 0. The fourth-order valence-electron chi connectivity index (χ4n) is 1.57. The first-order valence-corrected chi connectivity index (χ1v) is 5.43. The molecule has 1 fully saturated rings. The number of ketones is 1. The molecule has 0 aliphatic carbocycles. The summed E-state index contributed by atoms with van der Waals surface area (Å²) in [6, 6.07) is 3.40. The second-order valence-electron chi connectivity index (χ2n) is 3.36. The molecule has 0 bridgehead atoms. The van der Waals surface area contributed by atoms with Gasteiger partial charge < -0.3 is 4.74 Å². The maximum Gasteiger partial charge on any atom is 0.238 e. The molecule has 0 unspecified atom stereocenters. The van der Waals surface area contributed by atoms with Crippen LogP contribution < -0.4 is 9.64 Å². The van der Waals surface area contributed by atoms with E-state index in [2.05, 4.69) is 20.9 Å². The Morgan fingerprint density at radius 3 is 2.75 bits per heavy atom. The molecular formula is C10H9BrN2O3. The van der Waals surface area contributed by atoms with Gasteiger partial charge in [0.05, 0.1) is 20.1 Å². The first kappa shape index (κ1) is 11.1. The van der Waals surface area contributed by atoms with Crippen molar-refractivity contribution in [1.29, 1.82) is 0 Å². The fraction of sp³-hybridized carbons (Fsp3) is 0.300. The third-order valence-electron chi connectivity index (χ3n) is 2.27. The van der Waals surface area contributed by atoms with Crippen LogP contribution in [0.15, 0.2) is 16.7 Å². The van der Waals surface area contributed by atoms with Crippen LogP contribution in [0.1, 0.15) is 6.42 Å². The summed E-state index contributed by atoms with van der Waals surface area (Å²) < 4.78 is 5.69. The number of hydrogen-bond acceptors (Lipinski definition) is 4. The van der Waals surface area contributed by atoms with Crippen LogP contribution in [0.2, 0.25) is 0 Å². The number of aromatic nitrogens is 1. The number of halogens is 1. The van der Waals surface area contributed by atoms with Gasteiger partial charge in [0.1, 0.15) is 10.3 Å². The number of nitrogens with zero attached hydrogens (tertiary/aromatic N) is 2. The zero-order valence-corrected chi connectivity index (χ0v) is 10.2. The van der Waals surface area contributed by atoms with E-state index in [1.165, 1.54) is 12.0 Å². The van der Waals surface area contributed by atoms with Crippen molar-refractivity contribution in [3.05, 3.63) is 16.7 Å². The molecule has 1 aliphatic heterocycles. The average molecular weight is 285 g/mol. The molecule has 84 valence electrons. The quantitative estimate of drug-likeness (QED) is 0.604. The Kier molecular flexibility index (Phi) is 2.91.